The fourth-order valence-electron chi connectivity index (χ4n) is 2.29. The van der Waals surface area contributed by atoms with Gasteiger partial charge in [-0.3, -0.25) is 9.59 Å². The van der Waals surface area contributed by atoms with Gasteiger partial charge >= 0.3 is 0 Å². The standard InChI is InChI=1S/C20H24N2O3/c1-15(16-9-5-4-6-10-16)13-21-20(24)17-11-7-8-12-18(17)25-14-19(23)22(2)3/h4-12,15H,13-14H2,1-3H3,(H,21,24). The lowest BCUT2D eigenvalue weighted by Crippen LogP contribution is -2.30. The van der Waals surface area contributed by atoms with Crippen LogP contribution in [0.25, 0.3) is 0 Å². The van der Waals surface area contributed by atoms with E-state index >= 15 is 0 Å². The maximum absolute atomic E-state index is 12.5. The summed E-state index contributed by atoms with van der Waals surface area (Å²) < 4.78 is 5.52. The zero-order chi connectivity index (χ0) is 18.2. The van der Waals surface area contributed by atoms with E-state index in [-0.39, 0.29) is 24.3 Å². The molecule has 0 saturated heterocycles. The fourth-order valence-corrected chi connectivity index (χ4v) is 2.29. The van der Waals surface area contributed by atoms with Gasteiger partial charge in [0.25, 0.3) is 11.8 Å². The SMILES string of the molecule is CC(CNC(=O)c1ccccc1OCC(=O)N(C)C)c1ccccc1. The molecule has 0 bridgehead atoms. The van der Waals surface area contributed by atoms with E-state index in [0.29, 0.717) is 17.9 Å². The van der Waals surface area contributed by atoms with Crippen LogP contribution >= 0.6 is 0 Å². The molecule has 1 N–H and O–H groups in total. The molecule has 2 rings (SSSR count). The Kier molecular flexibility index (Phi) is 6.57. The number of likely N-dealkylation sites (N-methyl/N-ethyl adjacent to an activating group) is 1. The monoisotopic (exact) mass is 340 g/mol. The van der Waals surface area contributed by atoms with Crippen LogP contribution in [0.5, 0.6) is 5.75 Å². The van der Waals surface area contributed by atoms with E-state index in [0.717, 1.165) is 0 Å². The van der Waals surface area contributed by atoms with Gasteiger partial charge in [0.15, 0.2) is 6.61 Å². The fraction of sp³-hybridized carbons (Fsp3) is 0.300. The van der Waals surface area contributed by atoms with Crippen molar-refractivity contribution in [2.75, 3.05) is 27.2 Å². The van der Waals surface area contributed by atoms with Crippen LogP contribution in [-0.2, 0) is 4.79 Å². The molecule has 2 amide bonds. The molecule has 1 atom stereocenters. The van der Waals surface area contributed by atoms with Crippen molar-refractivity contribution in [3.05, 3.63) is 65.7 Å². The Hall–Kier alpha value is -2.82. The number of carbonyl (C=O) groups excluding carboxylic acids is 2. The molecule has 5 heteroatoms. The molecule has 0 aliphatic heterocycles. The van der Waals surface area contributed by atoms with Crippen molar-refractivity contribution in [1.82, 2.24) is 10.2 Å². The van der Waals surface area contributed by atoms with E-state index in [9.17, 15) is 9.59 Å². The van der Waals surface area contributed by atoms with Crippen LogP contribution in [0.3, 0.4) is 0 Å². The maximum Gasteiger partial charge on any atom is 0.259 e. The zero-order valence-electron chi connectivity index (χ0n) is 14.9. The largest absolute Gasteiger partial charge is 0.483 e. The third-order valence-corrected chi connectivity index (χ3v) is 3.92. The summed E-state index contributed by atoms with van der Waals surface area (Å²) >= 11 is 0. The first-order valence-electron chi connectivity index (χ1n) is 8.24. The van der Waals surface area contributed by atoms with Gasteiger partial charge < -0.3 is 15.0 Å². The number of hydrogen-bond donors (Lipinski definition) is 1. The Labute approximate surface area is 148 Å². The minimum Gasteiger partial charge on any atom is -0.483 e. The van der Waals surface area contributed by atoms with Crippen LogP contribution in [0.15, 0.2) is 54.6 Å². The average Bonchev–Trinajstić information content (AvgIpc) is 2.64. The van der Waals surface area contributed by atoms with Crippen molar-refractivity contribution >= 4 is 11.8 Å². The van der Waals surface area contributed by atoms with Crippen molar-refractivity contribution in [3.63, 3.8) is 0 Å². The van der Waals surface area contributed by atoms with Crippen molar-refractivity contribution < 1.29 is 14.3 Å². The highest BCUT2D eigenvalue weighted by molar-refractivity contribution is 5.97. The number of rotatable bonds is 7. The third kappa shape index (κ3) is 5.35. The number of hydrogen-bond acceptors (Lipinski definition) is 3. The van der Waals surface area contributed by atoms with Crippen molar-refractivity contribution in [2.24, 2.45) is 0 Å². The van der Waals surface area contributed by atoms with Crippen LogP contribution in [0.4, 0.5) is 0 Å². The Balaban J connectivity index is 1.98. The molecule has 0 aliphatic rings. The lowest BCUT2D eigenvalue weighted by molar-refractivity contribution is -0.130. The van der Waals surface area contributed by atoms with Crippen LogP contribution in [0, 0.1) is 0 Å². The van der Waals surface area contributed by atoms with E-state index < -0.39 is 0 Å². The highest BCUT2D eigenvalue weighted by atomic mass is 16.5. The van der Waals surface area contributed by atoms with Gasteiger partial charge in [0, 0.05) is 20.6 Å². The Morgan fingerprint density at radius 3 is 2.36 bits per heavy atom. The van der Waals surface area contributed by atoms with Crippen molar-refractivity contribution in [3.8, 4) is 5.75 Å². The average molecular weight is 340 g/mol. The number of ether oxygens (including phenoxy) is 1. The smallest absolute Gasteiger partial charge is 0.259 e. The summed E-state index contributed by atoms with van der Waals surface area (Å²) in [5.74, 6) is 0.236. The summed E-state index contributed by atoms with van der Waals surface area (Å²) in [6.07, 6.45) is 0. The number of nitrogens with zero attached hydrogens (tertiary/aromatic N) is 1. The molecule has 1 unspecified atom stereocenters. The summed E-state index contributed by atoms with van der Waals surface area (Å²) in [6.45, 7) is 2.49. The molecule has 0 spiro atoms. The van der Waals surface area contributed by atoms with Gasteiger partial charge in [-0.05, 0) is 23.6 Å². The molecular formula is C20H24N2O3. The first-order valence-corrected chi connectivity index (χ1v) is 8.24. The Morgan fingerprint density at radius 1 is 1.04 bits per heavy atom. The van der Waals surface area contributed by atoms with Crippen LogP contribution in [0.2, 0.25) is 0 Å². The Bertz CT molecular complexity index is 714. The molecule has 2 aromatic rings. The molecule has 0 aliphatic carbocycles. The molecule has 0 radical (unpaired) electrons. The molecule has 5 nitrogen and oxygen atoms in total. The Morgan fingerprint density at radius 2 is 1.68 bits per heavy atom. The predicted molar refractivity (Wildman–Crippen MR) is 97.8 cm³/mol. The number of carbonyl (C=O) groups is 2. The molecular weight excluding hydrogens is 316 g/mol. The molecule has 132 valence electrons. The van der Waals surface area contributed by atoms with E-state index in [1.807, 2.05) is 30.3 Å². The number of amides is 2. The number of benzene rings is 2. The first kappa shape index (κ1) is 18.5. The molecule has 0 heterocycles. The van der Waals surface area contributed by atoms with E-state index in [4.69, 9.17) is 4.74 Å². The van der Waals surface area contributed by atoms with Gasteiger partial charge in [0.2, 0.25) is 0 Å². The maximum atomic E-state index is 12.5. The van der Waals surface area contributed by atoms with E-state index in [1.54, 1.807) is 38.4 Å². The molecule has 25 heavy (non-hydrogen) atoms. The lowest BCUT2D eigenvalue weighted by atomic mass is 10.0. The van der Waals surface area contributed by atoms with Crippen molar-refractivity contribution in [1.29, 1.82) is 0 Å². The molecule has 0 aromatic heterocycles. The number of nitrogens with one attached hydrogen (secondary N) is 1. The normalized spacial score (nSPS) is 11.5. The van der Waals surface area contributed by atoms with Gasteiger partial charge in [0.05, 0.1) is 5.56 Å². The second kappa shape index (κ2) is 8.87. The quantitative estimate of drug-likeness (QED) is 0.843. The third-order valence-electron chi connectivity index (χ3n) is 3.92. The van der Waals surface area contributed by atoms with Crippen LogP contribution < -0.4 is 10.1 Å². The predicted octanol–water partition coefficient (Wildman–Crippen LogP) is 2.69. The van der Waals surface area contributed by atoms with E-state index in [1.165, 1.54) is 10.5 Å². The molecule has 0 saturated carbocycles. The highest BCUT2D eigenvalue weighted by Crippen LogP contribution is 2.19. The van der Waals surface area contributed by atoms with Crippen molar-refractivity contribution in [2.45, 2.75) is 12.8 Å². The van der Waals surface area contributed by atoms with Crippen LogP contribution in [0.1, 0.15) is 28.8 Å². The second-order valence-electron chi connectivity index (χ2n) is 6.09. The lowest BCUT2D eigenvalue weighted by Gasteiger charge is -2.16. The minimum absolute atomic E-state index is 0.0995. The molecule has 2 aromatic carbocycles. The molecule has 0 fully saturated rings. The van der Waals surface area contributed by atoms with Gasteiger partial charge in [-0.2, -0.15) is 0 Å². The summed E-state index contributed by atoms with van der Waals surface area (Å²) in [5.41, 5.74) is 1.60. The summed E-state index contributed by atoms with van der Waals surface area (Å²) in [5, 5.41) is 2.93. The highest BCUT2D eigenvalue weighted by Gasteiger charge is 2.15. The van der Waals surface area contributed by atoms with Gasteiger partial charge in [-0.15, -0.1) is 0 Å². The summed E-state index contributed by atoms with van der Waals surface area (Å²) in [6, 6.07) is 17.0. The second-order valence-corrected chi connectivity index (χ2v) is 6.09. The van der Waals surface area contributed by atoms with E-state index in [2.05, 4.69) is 12.2 Å². The number of para-hydroxylation sites is 1. The zero-order valence-corrected chi connectivity index (χ0v) is 14.9. The topological polar surface area (TPSA) is 58.6 Å². The first-order chi connectivity index (χ1) is 12.0. The minimum atomic E-state index is -0.212. The summed E-state index contributed by atoms with van der Waals surface area (Å²) in [7, 11) is 3.32. The van der Waals surface area contributed by atoms with Gasteiger partial charge in [-0.1, -0.05) is 49.4 Å². The van der Waals surface area contributed by atoms with Gasteiger partial charge in [0.1, 0.15) is 5.75 Å². The summed E-state index contributed by atoms with van der Waals surface area (Å²) in [4.78, 5) is 25.6. The van der Waals surface area contributed by atoms with Gasteiger partial charge in [-0.25, -0.2) is 0 Å². The van der Waals surface area contributed by atoms with Crippen LogP contribution in [-0.4, -0.2) is 44.0 Å².